The first-order valence-electron chi connectivity index (χ1n) is 21.9. The van der Waals surface area contributed by atoms with E-state index in [1.54, 1.807) is 0 Å². The van der Waals surface area contributed by atoms with Crippen LogP contribution in [0.2, 0.25) is 0 Å². The number of aromatic nitrogens is 4. The summed E-state index contributed by atoms with van der Waals surface area (Å²) in [4.78, 5) is 20.6. The van der Waals surface area contributed by atoms with Crippen LogP contribution in [0, 0.1) is 0 Å². The van der Waals surface area contributed by atoms with E-state index in [9.17, 15) is 0 Å². The van der Waals surface area contributed by atoms with Gasteiger partial charge in [-0.25, -0.2) is 19.9 Å². The maximum absolute atomic E-state index is 5.20. The largest absolute Gasteiger partial charge is 0.232 e. The molecule has 2 heterocycles. The van der Waals surface area contributed by atoms with Gasteiger partial charge in [-0.2, -0.15) is 0 Å². The van der Waals surface area contributed by atoms with Gasteiger partial charge >= 0.3 is 0 Å². The van der Waals surface area contributed by atoms with Crippen molar-refractivity contribution in [3.05, 3.63) is 222 Å². The molecule has 304 valence electrons. The van der Waals surface area contributed by atoms with Crippen LogP contribution in [-0.4, -0.2) is 19.9 Å². The number of benzene rings is 5. The van der Waals surface area contributed by atoms with Gasteiger partial charge in [0.05, 0.1) is 22.8 Å². The lowest BCUT2D eigenvalue weighted by Crippen LogP contribution is -2.26. The van der Waals surface area contributed by atoms with Crippen LogP contribution in [0.1, 0.15) is 74.4 Å². The molecule has 2 aromatic heterocycles. The van der Waals surface area contributed by atoms with Crippen molar-refractivity contribution >= 4 is 6.08 Å². The molecule has 2 aliphatic carbocycles. The molecule has 0 bridgehead atoms. The van der Waals surface area contributed by atoms with Crippen LogP contribution in [0.15, 0.2) is 194 Å². The minimum absolute atomic E-state index is 0.177. The van der Waals surface area contributed by atoms with Gasteiger partial charge in [-0.3, -0.25) is 0 Å². The van der Waals surface area contributed by atoms with Crippen molar-refractivity contribution in [2.75, 3.05) is 0 Å². The van der Waals surface area contributed by atoms with Crippen LogP contribution in [-0.2, 0) is 17.3 Å². The van der Waals surface area contributed by atoms with Crippen molar-refractivity contribution < 1.29 is 0 Å². The average Bonchev–Trinajstić information content (AvgIpc) is 3.35. The first kappa shape index (κ1) is 40.4. The summed E-state index contributed by atoms with van der Waals surface area (Å²) >= 11 is 0. The maximum Gasteiger partial charge on any atom is 0.160 e. The second-order valence-corrected chi connectivity index (χ2v) is 16.7. The first-order chi connectivity index (χ1) is 30.3. The van der Waals surface area contributed by atoms with Gasteiger partial charge < -0.3 is 0 Å². The summed E-state index contributed by atoms with van der Waals surface area (Å²) in [5.41, 5.74) is 15.9. The Labute approximate surface area is 366 Å². The Bertz CT molecular complexity index is 2860. The van der Waals surface area contributed by atoms with Crippen molar-refractivity contribution in [3.8, 4) is 56.5 Å². The molecule has 62 heavy (non-hydrogen) atoms. The standard InChI is InChI=1S/C58H52N4/c1-6-40-34-35-57(5,39-41(40)7-2)54-38-53(61-56(62-54)46-21-14-11-15-22-46)44-28-32-50(33-29-44)58(8-3,9-4)49-30-26-43(27-31-49)51-37-52(60-55(59-51)45-19-12-10-13-20-45)48-25-24-42-18-16-17-23-47(42)36-48/h6-7,10-16,18-22,24-34,36-39H,1-2,8-9,17,23,35H2,3-5H3. The molecule has 0 saturated heterocycles. The highest BCUT2D eigenvalue weighted by molar-refractivity contribution is 5.74. The maximum atomic E-state index is 5.20. The predicted molar refractivity (Wildman–Crippen MR) is 258 cm³/mol. The summed E-state index contributed by atoms with van der Waals surface area (Å²) in [7, 11) is 0. The SMILES string of the molecule is C=CC1=CCC(C)(c2cc(-c3ccc(C(CC)(CC)c4ccc(-c5cc(-c6ccc7c(c6)CCC=C7)nc(-c6ccccc6)n5)cc4)cc3)nc(-c3ccccc3)n2)C=C1C=C. The summed E-state index contributed by atoms with van der Waals surface area (Å²) in [6.07, 6.45) is 17.7. The molecule has 2 aliphatic rings. The Hall–Kier alpha value is -7.04. The third-order valence-electron chi connectivity index (χ3n) is 13.1. The van der Waals surface area contributed by atoms with Gasteiger partial charge in [-0.1, -0.05) is 192 Å². The van der Waals surface area contributed by atoms with Gasteiger partial charge in [-0.05, 0) is 83.7 Å². The van der Waals surface area contributed by atoms with Crippen molar-refractivity contribution in [3.63, 3.8) is 0 Å². The fraction of sp³-hybridized carbons (Fsp3) is 0.172. The van der Waals surface area contributed by atoms with Crippen molar-refractivity contribution in [1.29, 1.82) is 0 Å². The van der Waals surface area contributed by atoms with Crippen molar-refractivity contribution in [1.82, 2.24) is 19.9 Å². The molecule has 1 atom stereocenters. The van der Waals surface area contributed by atoms with E-state index in [1.165, 1.54) is 22.3 Å². The zero-order valence-corrected chi connectivity index (χ0v) is 36.0. The van der Waals surface area contributed by atoms with E-state index in [0.29, 0.717) is 0 Å². The highest BCUT2D eigenvalue weighted by Gasteiger charge is 2.32. The van der Waals surface area contributed by atoms with E-state index in [2.05, 4.69) is 161 Å². The van der Waals surface area contributed by atoms with Crippen LogP contribution >= 0.6 is 0 Å². The molecule has 0 saturated carbocycles. The molecule has 0 aliphatic heterocycles. The molecule has 4 nitrogen and oxygen atoms in total. The predicted octanol–water partition coefficient (Wildman–Crippen LogP) is 14.6. The molecule has 0 N–H and O–H groups in total. The summed E-state index contributed by atoms with van der Waals surface area (Å²) in [6, 6.07) is 49.7. The number of nitrogens with zero attached hydrogens (tertiary/aromatic N) is 4. The molecule has 0 fully saturated rings. The van der Waals surface area contributed by atoms with E-state index >= 15 is 0 Å². The summed E-state index contributed by atoms with van der Waals surface area (Å²) in [5, 5.41) is 0. The Morgan fingerprint density at radius 1 is 0.581 bits per heavy atom. The molecule has 0 radical (unpaired) electrons. The van der Waals surface area contributed by atoms with Crippen LogP contribution in [0.4, 0.5) is 0 Å². The number of hydrogen-bond donors (Lipinski definition) is 0. The lowest BCUT2D eigenvalue weighted by atomic mass is 9.70. The Balaban J connectivity index is 1.06. The quantitative estimate of drug-likeness (QED) is 0.123. The Kier molecular flexibility index (Phi) is 11.2. The van der Waals surface area contributed by atoms with E-state index in [0.717, 1.165) is 105 Å². The number of rotatable bonds is 12. The monoisotopic (exact) mass is 804 g/mol. The fourth-order valence-corrected chi connectivity index (χ4v) is 9.29. The Morgan fingerprint density at radius 2 is 1.11 bits per heavy atom. The van der Waals surface area contributed by atoms with E-state index in [4.69, 9.17) is 19.9 Å². The van der Waals surface area contributed by atoms with E-state index in [1.807, 2.05) is 48.6 Å². The molecule has 1 unspecified atom stereocenters. The van der Waals surface area contributed by atoms with Gasteiger partial charge in [0.2, 0.25) is 0 Å². The van der Waals surface area contributed by atoms with Crippen LogP contribution < -0.4 is 0 Å². The van der Waals surface area contributed by atoms with Gasteiger partial charge in [0.15, 0.2) is 11.6 Å². The van der Waals surface area contributed by atoms with Crippen molar-refractivity contribution in [2.45, 2.75) is 63.7 Å². The number of fused-ring (bicyclic) bond motifs is 1. The van der Waals surface area contributed by atoms with Crippen LogP contribution in [0.25, 0.3) is 62.6 Å². The number of aryl methyl sites for hydroxylation is 1. The number of hydrogen-bond acceptors (Lipinski definition) is 4. The lowest BCUT2D eigenvalue weighted by molar-refractivity contribution is 0.478. The minimum atomic E-state index is -0.335. The second kappa shape index (κ2) is 17.1. The third-order valence-corrected chi connectivity index (χ3v) is 13.1. The number of allylic oxidation sites excluding steroid dienone is 7. The smallest absolute Gasteiger partial charge is 0.160 e. The molecular weight excluding hydrogens is 753 g/mol. The minimum Gasteiger partial charge on any atom is -0.232 e. The first-order valence-corrected chi connectivity index (χ1v) is 21.9. The normalized spacial score (nSPS) is 15.9. The summed E-state index contributed by atoms with van der Waals surface area (Å²) in [5.74, 6) is 1.45. The summed E-state index contributed by atoms with van der Waals surface area (Å²) in [6.45, 7) is 15.0. The van der Waals surface area contributed by atoms with Gasteiger partial charge in [0, 0.05) is 38.6 Å². The molecule has 4 heteroatoms. The highest BCUT2D eigenvalue weighted by Crippen LogP contribution is 2.42. The lowest BCUT2D eigenvalue weighted by Gasteiger charge is -2.33. The average molecular weight is 805 g/mol. The summed E-state index contributed by atoms with van der Waals surface area (Å²) < 4.78 is 0. The van der Waals surface area contributed by atoms with Crippen LogP contribution in [0.5, 0.6) is 0 Å². The van der Waals surface area contributed by atoms with Crippen molar-refractivity contribution in [2.24, 2.45) is 0 Å². The van der Waals surface area contributed by atoms with E-state index < -0.39 is 0 Å². The molecule has 9 rings (SSSR count). The Morgan fingerprint density at radius 3 is 1.68 bits per heavy atom. The van der Waals surface area contributed by atoms with Gasteiger partial charge in [-0.15, -0.1) is 0 Å². The molecule has 5 aromatic carbocycles. The second-order valence-electron chi connectivity index (χ2n) is 16.7. The zero-order valence-electron chi connectivity index (χ0n) is 36.0. The molecular formula is C58H52N4. The topological polar surface area (TPSA) is 51.6 Å². The molecule has 0 spiro atoms. The van der Waals surface area contributed by atoms with Crippen LogP contribution in [0.3, 0.4) is 0 Å². The molecule has 0 amide bonds. The van der Waals surface area contributed by atoms with Gasteiger partial charge in [0.25, 0.3) is 0 Å². The third kappa shape index (κ3) is 7.74. The fourth-order valence-electron chi connectivity index (χ4n) is 9.29. The zero-order chi connectivity index (χ0) is 42.7. The molecule has 7 aromatic rings. The highest BCUT2D eigenvalue weighted by atomic mass is 14.9. The van der Waals surface area contributed by atoms with Gasteiger partial charge in [0.1, 0.15) is 0 Å². The van der Waals surface area contributed by atoms with E-state index in [-0.39, 0.29) is 10.8 Å².